The van der Waals surface area contributed by atoms with Crippen molar-refractivity contribution < 1.29 is 28.0 Å². The molecule has 255 valence electrons. The fourth-order valence-corrected chi connectivity index (χ4v) is 7.56. The van der Waals surface area contributed by atoms with Gasteiger partial charge in [0.25, 0.3) is 0 Å². The number of unbranched alkanes of at least 4 members (excludes halogenated alkanes) is 24. The third kappa shape index (κ3) is 20.9. The monoisotopic (exact) mass is 688 g/mol. The molecule has 0 fully saturated rings. The van der Waals surface area contributed by atoms with Gasteiger partial charge < -0.3 is 0 Å². The molecule has 1 aromatic rings. The van der Waals surface area contributed by atoms with E-state index in [1.165, 1.54) is 236 Å². The third-order valence-electron chi connectivity index (χ3n) is 9.97. The van der Waals surface area contributed by atoms with E-state index in [1.807, 2.05) is 0 Å². The van der Waals surface area contributed by atoms with Crippen LogP contribution in [0.15, 0.2) is 6.07 Å². The zero-order valence-corrected chi connectivity index (χ0v) is 33.1. The Morgan fingerprint density at radius 1 is 0.364 bits per heavy atom. The Balaban J connectivity index is 3.08. The molecule has 2 heteroatoms. The van der Waals surface area contributed by atoms with Crippen LogP contribution in [0.1, 0.15) is 230 Å². The van der Waals surface area contributed by atoms with Gasteiger partial charge in [0.15, 0.2) is 0 Å². The van der Waals surface area contributed by atoms with E-state index in [0.717, 1.165) is 0 Å². The van der Waals surface area contributed by atoms with Crippen LogP contribution in [0.25, 0.3) is 0 Å². The third-order valence-corrected chi connectivity index (χ3v) is 10.5. The Hall–Kier alpha value is -0.0969. The Kier molecular flexibility index (Phi) is 30.0. The number of rotatable bonds is 33. The number of benzene rings is 1. The Morgan fingerprint density at radius 2 is 0.659 bits per heavy atom. The zero-order chi connectivity index (χ0) is 31.9. The summed E-state index contributed by atoms with van der Waals surface area (Å²) < 4.78 is 6.31. The van der Waals surface area contributed by atoms with Crippen LogP contribution in [0.3, 0.4) is 0 Å². The van der Waals surface area contributed by atoms with Crippen LogP contribution in [0, 0.1) is 0 Å². The molecule has 0 aromatic heterocycles. The quantitative estimate of drug-likeness (QED) is 0.0668. The predicted molar refractivity (Wildman–Crippen MR) is 194 cm³/mol. The molecule has 0 spiro atoms. The fraction of sp³-hybridized carbons (Fsp3) is 0.857. The van der Waals surface area contributed by atoms with Crippen molar-refractivity contribution in [2.24, 2.45) is 0 Å². The first-order valence-electron chi connectivity index (χ1n) is 20.2. The summed E-state index contributed by atoms with van der Waals surface area (Å²) in [5.74, 6) is 1.26. The van der Waals surface area contributed by atoms with Crippen LogP contribution < -0.4 is 2.81 Å². The summed E-state index contributed by atoms with van der Waals surface area (Å²) in [5.41, 5.74) is 6.78. The second kappa shape index (κ2) is 31.5. The van der Waals surface area contributed by atoms with E-state index in [-0.39, 0.29) is 0 Å². The molecule has 0 saturated carbocycles. The number of hydrogen-bond acceptors (Lipinski definition) is 1. The molecular weight excluding hydrogens is 612 g/mol. The van der Waals surface area contributed by atoms with Gasteiger partial charge >= 0.3 is 268 Å². The smallest absolute Gasteiger partial charge is 0.0654 e. The van der Waals surface area contributed by atoms with Crippen molar-refractivity contribution in [2.45, 2.75) is 233 Å². The molecule has 44 heavy (non-hydrogen) atoms. The van der Waals surface area contributed by atoms with Crippen molar-refractivity contribution in [3.63, 3.8) is 0 Å². The normalized spacial score (nSPS) is 11.4. The summed E-state index contributed by atoms with van der Waals surface area (Å²) in [6.07, 6.45) is 44.1. The summed E-state index contributed by atoms with van der Waals surface area (Å²) in [7, 11) is 0. The van der Waals surface area contributed by atoms with Crippen molar-refractivity contribution in [1.82, 2.24) is 0 Å². The first kappa shape index (κ1) is 41.9. The van der Waals surface area contributed by atoms with E-state index in [1.54, 1.807) is 22.3 Å². The minimum atomic E-state index is 1.20. The maximum atomic E-state index is 6.31. The summed E-state index contributed by atoms with van der Waals surface area (Å²) in [5, 5.41) is 0. The first-order valence-corrected chi connectivity index (χ1v) is 21.2. The molecule has 0 aliphatic rings. The Morgan fingerprint density at radius 3 is 1.02 bits per heavy atom. The molecule has 0 radical (unpaired) electrons. The Labute approximate surface area is 293 Å². The molecule has 1 nitrogen and oxygen atoms in total. The van der Waals surface area contributed by atoms with Gasteiger partial charge in [-0.3, -0.25) is 0 Å². The molecule has 0 aliphatic carbocycles. The van der Waals surface area contributed by atoms with Crippen molar-refractivity contribution in [3.8, 4) is 5.75 Å². The molecule has 1 rings (SSSR count). The number of hydrogen-bond donors (Lipinski definition) is 0. The molecule has 0 saturated heterocycles. The molecule has 0 heterocycles. The predicted octanol–water partition coefficient (Wildman–Crippen LogP) is 14.7. The maximum absolute atomic E-state index is 6.31. The van der Waals surface area contributed by atoms with Gasteiger partial charge in [-0.1, -0.05) is 27.2 Å². The van der Waals surface area contributed by atoms with Crippen molar-refractivity contribution in [3.05, 3.63) is 28.3 Å². The van der Waals surface area contributed by atoms with E-state index in [0.29, 0.717) is 0 Å². The molecule has 0 atom stereocenters. The topological polar surface area (TPSA) is 9.23 Å². The molecular formula is C42H77OZr. The minimum absolute atomic E-state index is 1.20. The van der Waals surface area contributed by atoms with Gasteiger partial charge in [-0.2, -0.15) is 0 Å². The zero-order valence-electron chi connectivity index (χ0n) is 30.6. The SMILES string of the molecule is CCCCCCCCCc1cc([O][Zr])c(CCCCCCCCC)c(CCCCCCCCC)c1CCCCCCCCC. The van der Waals surface area contributed by atoms with Gasteiger partial charge in [0.2, 0.25) is 0 Å². The van der Waals surface area contributed by atoms with E-state index >= 15 is 0 Å². The molecule has 0 aliphatic heterocycles. The fourth-order valence-electron chi connectivity index (χ4n) is 7.11. The summed E-state index contributed by atoms with van der Waals surface area (Å²) >= 11 is 1.20. The average Bonchev–Trinajstić information content (AvgIpc) is 3.04. The summed E-state index contributed by atoms with van der Waals surface area (Å²) in [6, 6.07) is 2.53. The summed E-state index contributed by atoms with van der Waals surface area (Å²) in [4.78, 5) is 0. The van der Waals surface area contributed by atoms with Crippen LogP contribution >= 0.6 is 0 Å². The molecule has 0 N–H and O–H groups in total. The van der Waals surface area contributed by atoms with Crippen LogP contribution in [-0.4, -0.2) is 0 Å². The summed E-state index contributed by atoms with van der Waals surface area (Å²) in [6.45, 7) is 9.30. The minimum Gasteiger partial charge on any atom is -0.0654 e. The standard InChI is InChI=1S/C42H78O.Zr/c1-5-9-13-17-21-25-29-33-38-37-42(43)41(36-32-28-24-20-16-12-8-4)40(35-31-27-23-19-15-11-7-3)39(38)34-30-26-22-18-14-10-6-2;/h37,43H,5-36H2,1-4H3;/q;+1/p-1. The van der Waals surface area contributed by atoms with Gasteiger partial charge in [0, 0.05) is 0 Å². The van der Waals surface area contributed by atoms with Gasteiger partial charge in [-0.25, -0.2) is 0 Å². The van der Waals surface area contributed by atoms with E-state index in [4.69, 9.17) is 2.81 Å². The van der Waals surface area contributed by atoms with Crippen molar-refractivity contribution >= 4 is 0 Å². The molecule has 0 unspecified atom stereocenters. The van der Waals surface area contributed by atoms with Crippen LogP contribution in [-0.2, 0) is 50.8 Å². The average molecular weight is 689 g/mol. The van der Waals surface area contributed by atoms with Crippen LogP contribution in [0.5, 0.6) is 5.75 Å². The van der Waals surface area contributed by atoms with Crippen molar-refractivity contribution in [1.29, 1.82) is 0 Å². The molecule has 0 bridgehead atoms. The van der Waals surface area contributed by atoms with Gasteiger partial charge in [-0.05, 0) is 0 Å². The van der Waals surface area contributed by atoms with E-state index in [2.05, 4.69) is 33.8 Å². The van der Waals surface area contributed by atoms with Gasteiger partial charge in [-0.15, -0.1) is 0 Å². The van der Waals surface area contributed by atoms with Crippen molar-refractivity contribution in [2.75, 3.05) is 0 Å². The van der Waals surface area contributed by atoms with Gasteiger partial charge in [0.05, 0.1) is 0 Å². The number of aryl methyl sites for hydroxylation is 1. The van der Waals surface area contributed by atoms with Gasteiger partial charge in [0.1, 0.15) is 0 Å². The van der Waals surface area contributed by atoms with E-state index < -0.39 is 0 Å². The van der Waals surface area contributed by atoms with Crippen LogP contribution in [0.4, 0.5) is 0 Å². The van der Waals surface area contributed by atoms with Crippen LogP contribution in [0.2, 0.25) is 0 Å². The first-order chi connectivity index (χ1) is 21.7. The second-order valence-electron chi connectivity index (χ2n) is 14.1. The van der Waals surface area contributed by atoms with E-state index in [9.17, 15) is 0 Å². The molecule has 0 amide bonds. The Bertz CT molecular complexity index is 757. The second-order valence-corrected chi connectivity index (χ2v) is 14.6. The molecule has 1 aromatic carbocycles.